The molecule has 0 fully saturated rings. The van der Waals surface area contributed by atoms with Crippen LogP contribution in [0, 0.1) is 0 Å². The average molecular weight is 735 g/mol. The summed E-state index contributed by atoms with van der Waals surface area (Å²) in [6, 6.07) is 0. The Labute approximate surface area is 324 Å². The molecule has 0 rings (SSSR count). The third-order valence-corrected chi connectivity index (χ3v) is 8.18. The molecule has 0 saturated carbocycles. The summed E-state index contributed by atoms with van der Waals surface area (Å²) in [7, 11) is 0. The highest BCUT2D eigenvalue weighted by molar-refractivity contribution is 5.71. The predicted molar refractivity (Wildman–Crippen MR) is 224 cm³/mol. The molecule has 298 valence electrons. The number of carbonyl (C=O) groups is 3. The van der Waals surface area contributed by atoms with E-state index in [4.69, 9.17) is 14.2 Å². The molecule has 0 aromatic carbocycles. The van der Waals surface area contributed by atoms with Gasteiger partial charge in [-0.1, -0.05) is 169 Å². The molecule has 0 N–H and O–H groups in total. The number of allylic oxidation sites excluding steroid dienone is 16. The molecule has 6 nitrogen and oxygen atoms in total. The van der Waals surface area contributed by atoms with Gasteiger partial charge >= 0.3 is 17.9 Å². The Hall–Kier alpha value is -3.67. The van der Waals surface area contributed by atoms with E-state index < -0.39 is 12.1 Å². The first-order valence-corrected chi connectivity index (χ1v) is 20.8. The van der Waals surface area contributed by atoms with Crippen LogP contribution in [0.15, 0.2) is 97.2 Å². The summed E-state index contributed by atoms with van der Waals surface area (Å²) in [5.41, 5.74) is 0. The first-order valence-electron chi connectivity index (χ1n) is 20.8. The second-order valence-electron chi connectivity index (χ2n) is 13.3. The maximum Gasteiger partial charge on any atom is 0.306 e. The Morgan fingerprint density at radius 2 is 0.849 bits per heavy atom. The molecular weight excluding hydrogens is 661 g/mol. The van der Waals surface area contributed by atoms with E-state index in [0.717, 1.165) is 38.5 Å². The maximum absolute atomic E-state index is 12.6. The Morgan fingerprint density at radius 3 is 1.42 bits per heavy atom. The van der Waals surface area contributed by atoms with Crippen LogP contribution in [0.1, 0.15) is 162 Å². The van der Waals surface area contributed by atoms with Crippen LogP contribution < -0.4 is 0 Å². The molecule has 0 amide bonds. The molecule has 0 bridgehead atoms. The maximum atomic E-state index is 12.6. The van der Waals surface area contributed by atoms with Gasteiger partial charge in [-0.05, 0) is 70.6 Å². The van der Waals surface area contributed by atoms with Crippen molar-refractivity contribution in [3.8, 4) is 0 Å². The molecule has 0 radical (unpaired) electrons. The summed E-state index contributed by atoms with van der Waals surface area (Å²) in [6.07, 6.45) is 52.8. The monoisotopic (exact) mass is 735 g/mol. The minimum atomic E-state index is -0.845. The highest BCUT2D eigenvalue weighted by Crippen LogP contribution is 2.09. The lowest BCUT2D eigenvalue weighted by Crippen LogP contribution is -2.30. The van der Waals surface area contributed by atoms with Crippen LogP contribution in [0.2, 0.25) is 0 Å². The van der Waals surface area contributed by atoms with Crippen molar-refractivity contribution in [3.63, 3.8) is 0 Å². The van der Waals surface area contributed by atoms with Crippen molar-refractivity contribution >= 4 is 17.9 Å². The zero-order valence-electron chi connectivity index (χ0n) is 33.7. The van der Waals surface area contributed by atoms with Gasteiger partial charge in [0.25, 0.3) is 0 Å². The highest BCUT2D eigenvalue weighted by Gasteiger charge is 2.19. The van der Waals surface area contributed by atoms with Gasteiger partial charge in [-0.2, -0.15) is 0 Å². The van der Waals surface area contributed by atoms with Crippen molar-refractivity contribution in [1.29, 1.82) is 0 Å². The van der Waals surface area contributed by atoms with Gasteiger partial charge in [0.2, 0.25) is 0 Å². The molecule has 0 aliphatic heterocycles. The summed E-state index contributed by atoms with van der Waals surface area (Å²) in [4.78, 5) is 37.5. The van der Waals surface area contributed by atoms with Gasteiger partial charge in [0.1, 0.15) is 13.2 Å². The summed E-state index contributed by atoms with van der Waals surface area (Å²) in [5.74, 6) is -1.13. The Morgan fingerprint density at radius 1 is 0.415 bits per heavy atom. The topological polar surface area (TPSA) is 78.9 Å². The van der Waals surface area contributed by atoms with Crippen molar-refractivity contribution in [3.05, 3.63) is 97.2 Å². The molecule has 1 atom stereocenters. The van der Waals surface area contributed by atoms with Crippen molar-refractivity contribution in [2.75, 3.05) is 13.2 Å². The van der Waals surface area contributed by atoms with Gasteiger partial charge in [0.05, 0.1) is 0 Å². The fourth-order valence-corrected chi connectivity index (χ4v) is 5.06. The quantitative estimate of drug-likeness (QED) is 0.0212. The van der Waals surface area contributed by atoms with Crippen molar-refractivity contribution in [2.45, 2.75) is 168 Å². The lowest BCUT2D eigenvalue weighted by Gasteiger charge is -2.18. The molecule has 53 heavy (non-hydrogen) atoms. The number of hydrogen-bond acceptors (Lipinski definition) is 6. The molecule has 0 aliphatic rings. The van der Waals surface area contributed by atoms with Crippen LogP contribution in [0.25, 0.3) is 0 Å². The van der Waals surface area contributed by atoms with Gasteiger partial charge in [0.15, 0.2) is 6.10 Å². The van der Waals surface area contributed by atoms with Crippen LogP contribution in [-0.2, 0) is 28.6 Å². The van der Waals surface area contributed by atoms with Crippen LogP contribution in [0.4, 0.5) is 0 Å². The average Bonchev–Trinajstić information content (AvgIpc) is 3.15. The largest absolute Gasteiger partial charge is 0.462 e. The molecule has 0 heterocycles. The SMILES string of the molecule is CC\C=C/C=C\C=C/C=C\C=C/CCCC(=O)OCC(COC(=O)CCC/C=C\CCCCCC)OC(=O)CC/C=C\C/C=C\CCCCCCCC. The van der Waals surface area contributed by atoms with Crippen LogP contribution in [0.5, 0.6) is 0 Å². The molecule has 0 aromatic rings. The minimum absolute atomic E-state index is 0.140. The van der Waals surface area contributed by atoms with Crippen molar-refractivity contribution in [1.82, 2.24) is 0 Å². The fourth-order valence-electron chi connectivity index (χ4n) is 5.06. The second-order valence-corrected chi connectivity index (χ2v) is 13.3. The first kappa shape index (κ1) is 49.3. The number of esters is 3. The van der Waals surface area contributed by atoms with Gasteiger partial charge in [-0.15, -0.1) is 0 Å². The number of carbonyl (C=O) groups excluding carboxylic acids is 3. The number of rotatable bonds is 35. The van der Waals surface area contributed by atoms with Crippen molar-refractivity contribution in [2.24, 2.45) is 0 Å². The van der Waals surface area contributed by atoms with Gasteiger partial charge in [0, 0.05) is 19.3 Å². The Bertz CT molecular complexity index is 1120. The minimum Gasteiger partial charge on any atom is -0.462 e. The molecule has 6 heteroatoms. The summed E-state index contributed by atoms with van der Waals surface area (Å²) < 4.78 is 16.5. The molecule has 0 spiro atoms. The summed E-state index contributed by atoms with van der Waals surface area (Å²) in [5, 5.41) is 0. The zero-order valence-corrected chi connectivity index (χ0v) is 33.7. The molecule has 0 aromatic heterocycles. The Balaban J connectivity index is 4.63. The third kappa shape index (κ3) is 39.4. The first-order chi connectivity index (χ1) is 26.0. The van der Waals surface area contributed by atoms with Crippen molar-refractivity contribution < 1.29 is 28.6 Å². The lowest BCUT2D eigenvalue weighted by molar-refractivity contribution is -0.166. The molecular formula is C47H74O6. The number of ether oxygens (including phenoxy) is 3. The summed E-state index contributed by atoms with van der Waals surface area (Å²) >= 11 is 0. The number of hydrogen-bond donors (Lipinski definition) is 0. The van der Waals surface area contributed by atoms with E-state index >= 15 is 0 Å². The van der Waals surface area contributed by atoms with E-state index in [0.29, 0.717) is 19.3 Å². The third-order valence-electron chi connectivity index (χ3n) is 8.18. The smallest absolute Gasteiger partial charge is 0.306 e. The van der Waals surface area contributed by atoms with Crippen LogP contribution in [0.3, 0.4) is 0 Å². The van der Waals surface area contributed by atoms with E-state index in [2.05, 4.69) is 57.2 Å². The lowest BCUT2D eigenvalue weighted by atomic mass is 10.1. The van der Waals surface area contributed by atoms with Gasteiger partial charge in [-0.3, -0.25) is 14.4 Å². The normalized spacial score (nSPS) is 13.0. The molecule has 0 saturated heterocycles. The van der Waals surface area contributed by atoms with E-state index in [9.17, 15) is 14.4 Å². The fraction of sp³-hybridized carbons (Fsp3) is 0.596. The second kappa shape index (κ2) is 41.1. The van der Waals surface area contributed by atoms with E-state index in [1.54, 1.807) is 0 Å². The van der Waals surface area contributed by atoms with Gasteiger partial charge in [-0.25, -0.2) is 0 Å². The summed E-state index contributed by atoms with van der Waals surface area (Å²) in [6.45, 7) is 6.26. The van der Waals surface area contributed by atoms with E-state index in [1.807, 2.05) is 60.8 Å². The van der Waals surface area contributed by atoms with Gasteiger partial charge < -0.3 is 14.2 Å². The van der Waals surface area contributed by atoms with E-state index in [-0.39, 0.29) is 44.4 Å². The van der Waals surface area contributed by atoms with E-state index in [1.165, 1.54) is 64.2 Å². The predicted octanol–water partition coefficient (Wildman–Crippen LogP) is 13.1. The van der Waals surface area contributed by atoms with Crippen LogP contribution >= 0.6 is 0 Å². The zero-order chi connectivity index (χ0) is 38.7. The molecule has 1 unspecified atom stereocenters. The molecule has 0 aliphatic carbocycles. The Kier molecular flexibility index (Phi) is 38.2. The highest BCUT2D eigenvalue weighted by atomic mass is 16.6. The number of unbranched alkanes of at least 4 members (excludes halogenated alkanes) is 12. The van der Waals surface area contributed by atoms with Crippen LogP contribution in [-0.4, -0.2) is 37.2 Å². The standard InChI is InChI=1S/C47H74O6/c1-4-7-10-13-16-19-21-23-25-28-31-34-37-40-46(49)52-43-44(42-51-45(48)39-36-33-30-27-18-15-12-9-6-3)53-47(50)41-38-35-32-29-26-24-22-20-17-14-11-8-5-2/h7,10,13,16,19,21,23-28,30-32,35,44H,4-6,8-9,11-12,14-15,17-18,20,22,29,33-34,36-43H2,1-3H3/b10-7-,16-13-,21-19-,25-23-,26-24-,30-27-,31-28-,35-32-.